The van der Waals surface area contributed by atoms with Gasteiger partial charge in [0.15, 0.2) is 0 Å². The van der Waals surface area contributed by atoms with E-state index in [9.17, 15) is 9.59 Å². The molecule has 2 rings (SSSR count). The van der Waals surface area contributed by atoms with Crippen molar-refractivity contribution < 1.29 is 14.7 Å². The van der Waals surface area contributed by atoms with Crippen LogP contribution in [0.2, 0.25) is 0 Å². The highest BCUT2D eigenvalue weighted by Gasteiger charge is 2.31. The number of likely N-dealkylation sites (N-methyl/N-ethyl adjacent to an activating group) is 1. The van der Waals surface area contributed by atoms with Crippen LogP contribution in [-0.4, -0.2) is 41.0 Å². The van der Waals surface area contributed by atoms with E-state index in [2.05, 4.69) is 5.32 Å². The van der Waals surface area contributed by atoms with Gasteiger partial charge in [0.25, 0.3) is 0 Å². The summed E-state index contributed by atoms with van der Waals surface area (Å²) in [6.07, 6.45) is 0.880. The van der Waals surface area contributed by atoms with Gasteiger partial charge in [-0.05, 0) is 31.4 Å². The van der Waals surface area contributed by atoms with Gasteiger partial charge >= 0.3 is 5.97 Å². The van der Waals surface area contributed by atoms with Gasteiger partial charge in [0.1, 0.15) is 6.04 Å². The Balaban J connectivity index is 2.21. The first-order chi connectivity index (χ1) is 10.0. The number of carboxylic acids is 1. The maximum absolute atomic E-state index is 12.8. The van der Waals surface area contributed by atoms with Crippen molar-refractivity contribution in [2.24, 2.45) is 0 Å². The minimum atomic E-state index is -0.884. The van der Waals surface area contributed by atoms with Crippen molar-refractivity contribution in [1.82, 2.24) is 10.2 Å². The van der Waals surface area contributed by atoms with Crippen molar-refractivity contribution >= 4 is 11.9 Å². The topological polar surface area (TPSA) is 69.6 Å². The molecule has 21 heavy (non-hydrogen) atoms. The molecule has 0 bridgehead atoms. The summed E-state index contributed by atoms with van der Waals surface area (Å²) in [6, 6.07) is 7.26. The van der Waals surface area contributed by atoms with Crippen LogP contribution in [0.4, 0.5) is 0 Å². The van der Waals surface area contributed by atoms with Gasteiger partial charge in [-0.25, -0.2) is 0 Å². The summed E-state index contributed by atoms with van der Waals surface area (Å²) in [6.45, 7) is 4.93. The monoisotopic (exact) mass is 290 g/mol. The molecule has 1 aromatic carbocycles. The van der Waals surface area contributed by atoms with E-state index in [-0.39, 0.29) is 24.4 Å². The highest BCUT2D eigenvalue weighted by Crippen LogP contribution is 2.25. The molecule has 1 aromatic rings. The number of hydrogen-bond donors (Lipinski definition) is 2. The predicted octanol–water partition coefficient (Wildman–Crippen LogP) is 1.59. The molecule has 2 N–H and O–H groups in total. The Labute approximate surface area is 125 Å². The number of hydrogen-bond acceptors (Lipinski definition) is 3. The number of carbonyl (C=O) groups excluding carboxylic acids is 1. The quantitative estimate of drug-likeness (QED) is 0.864. The van der Waals surface area contributed by atoms with Gasteiger partial charge in [0, 0.05) is 19.1 Å². The fourth-order valence-corrected chi connectivity index (χ4v) is 2.94. The van der Waals surface area contributed by atoms with Crippen molar-refractivity contribution in [1.29, 1.82) is 0 Å². The Morgan fingerprint density at radius 3 is 2.81 bits per heavy atom. The Bertz CT molecular complexity index is 530. The number of carboxylic acid groups (broad SMARTS) is 1. The molecule has 0 saturated heterocycles. The first kappa shape index (κ1) is 15.5. The lowest BCUT2D eigenvalue weighted by Gasteiger charge is -2.34. The summed E-state index contributed by atoms with van der Waals surface area (Å²) in [5.74, 6) is -0.927. The molecule has 114 valence electrons. The van der Waals surface area contributed by atoms with Crippen molar-refractivity contribution in [2.75, 3.05) is 13.1 Å². The normalized spacial score (nSPS) is 18.7. The average molecular weight is 290 g/mol. The molecule has 1 heterocycles. The number of amides is 1. The second-order valence-corrected chi connectivity index (χ2v) is 5.41. The highest BCUT2D eigenvalue weighted by atomic mass is 16.4. The van der Waals surface area contributed by atoms with Gasteiger partial charge in [-0.1, -0.05) is 24.3 Å². The summed E-state index contributed by atoms with van der Waals surface area (Å²) in [5, 5.41) is 12.2. The van der Waals surface area contributed by atoms with Crippen LogP contribution >= 0.6 is 0 Å². The molecule has 5 nitrogen and oxygen atoms in total. The first-order valence-corrected chi connectivity index (χ1v) is 7.38. The largest absolute Gasteiger partial charge is 0.481 e. The second kappa shape index (κ2) is 6.72. The van der Waals surface area contributed by atoms with E-state index >= 15 is 0 Å². The minimum Gasteiger partial charge on any atom is -0.481 e. The van der Waals surface area contributed by atoms with Crippen LogP contribution in [0.25, 0.3) is 0 Å². The van der Waals surface area contributed by atoms with Crippen molar-refractivity contribution in [3.8, 4) is 0 Å². The van der Waals surface area contributed by atoms with Gasteiger partial charge < -0.3 is 15.3 Å². The number of fused-ring (bicyclic) bond motifs is 1. The number of nitrogens with one attached hydrogen (secondary N) is 1. The number of nitrogens with zero attached hydrogens (tertiary/aromatic N) is 1. The molecule has 0 spiro atoms. The molecule has 0 fully saturated rings. The second-order valence-electron chi connectivity index (χ2n) is 5.41. The van der Waals surface area contributed by atoms with Crippen molar-refractivity contribution in [2.45, 2.75) is 38.8 Å². The van der Waals surface area contributed by atoms with Crippen molar-refractivity contribution in [3.63, 3.8) is 0 Å². The lowest BCUT2D eigenvalue weighted by Crippen LogP contribution is -2.47. The van der Waals surface area contributed by atoms with Crippen LogP contribution in [0, 0.1) is 0 Å². The van der Waals surface area contributed by atoms with E-state index in [4.69, 9.17) is 5.11 Å². The third kappa shape index (κ3) is 3.42. The molecule has 1 amide bonds. The zero-order valence-electron chi connectivity index (χ0n) is 12.5. The average Bonchev–Trinajstić information content (AvgIpc) is 2.46. The van der Waals surface area contributed by atoms with Crippen molar-refractivity contribution in [3.05, 3.63) is 35.4 Å². The Kier molecular flexibility index (Phi) is 4.96. The smallest absolute Gasteiger partial charge is 0.305 e. The molecule has 5 heteroatoms. The standard InChI is InChI=1S/C16H22N2O3/c1-3-18(11(2)10-14(19)20)16(21)15-13-7-5-4-6-12(13)8-9-17-15/h4-7,11,15,17H,3,8-10H2,1-2H3,(H,19,20). The molecule has 0 radical (unpaired) electrons. The molecule has 0 aliphatic carbocycles. The lowest BCUT2D eigenvalue weighted by molar-refractivity contribution is -0.141. The van der Waals surface area contributed by atoms with Crippen LogP contribution in [0.15, 0.2) is 24.3 Å². The van der Waals surface area contributed by atoms with Crippen LogP contribution in [0.3, 0.4) is 0 Å². The summed E-state index contributed by atoms with van der Waals surface area (Å²) >= 11 is 0. The van der Waals surface area contributed by atoms with E-state index in [1.165, 1.54) is 5.56 Å². The molecule has 1 aliphatic heterocycles. The number of aliphatic carboxylic acids is 1. The Morgan fingerprint density at radius 1 is 1.43 bits per heavy atom. The van der Waals surface area contributed by atoms with Crippen LogP contribution in [0.5, 0.6) is 0 Å². The molecule has 2 unspecified atom stereocenters. The summed E-state index contributed by atoms with van der Waals surface area (Å²) in [4.78, 5) is 25.3. The molecule has 1 aliphatic rings. The van der Waals surface area contributed by atoms with E-state index in [1.54, 1.807) is 11.8 Å². The minimum absolute atomic E-state index is 0.0338. The highest BCUT2D eigenvalue weighted by molar-refractivity contribution is 5.84. The molecule has 2 atom stereocenters. The van der Waals surface area contributed by atoms with Crippen LogP contribution < -0.4 is 5.32 Å². The fourth-order valence-electron chi connectivity index (χ4n) is 2.94. The summed E-state index contributed by atoms with van der Waals surface area (Å²) in [5.41, 5.74) is 2.20. The van der Waals surface area contributed by atoms with Gasteiger partial charge in [-0.15, -0.1) is 0 Å². The lowest BCUT2D eigenvalue weighted by atomic mass is 9.93. The van der Waals surface area contributed by atoms with E-state index in [0.717, 1.165) is 18.5 Å². The first-order valence-electron chi connectivity index (χ1n) is 7.38. The summed E-state index contributed by atoms with van der Waals surface area (Å²) < 4.78 is 0. The van der Waals surface area contributed by atoms with Gasteiger partial charge in [-0.2, -0.15) is 0 Å². The summed E-state index contributed by atoms with van der Waals surface area (Å²) in [7, 11) is 0. The molecule has 0 saturated carbocycles. The Morgan fingerprint density at radius 2 is 2.14 bits per heavy atom. The third-order valence-electron chi connectivity index (χ3n) is 3.98. The number of benzene rings is 1. The van der Waals surface area contributed by atoms with Crippen LogP contribution in [-0.2, 0) is 16.0 Å². The predicted molar refractivity (Wildman–Crippen MR) is 80.0 cm³/mol. The van der Waals surface area contributed by atoms with Gasteiger partial charge in [0.05, 0.1) is 6.42 Å². The van der Waals surface area contributed by atoms with Gasteiger partial charge in [0.2, 0.25) is 5.91 Å². The zero-order valence-corrected chi connectivity index (χ0v) is 12.5. The molecular weight excluding hydrogens is 268 g/mol. The maximum atomic E-state index is 12.8. The maximum Gasteiger partial charge on any atom is 0.305 e. The molecule has 0 aromatic heterocycles. The third-order valence-corrected chi connectivity index (χ3v) is 3.98. The Hall–Kier alpha value is -1.88. The van der Waals surface area contributed by atoms with Gasteiger partial charge in [-0.3, -0.25) is 9.59 Å². The van der Waals surface area contributed by atoms with Crippen LogP contribution in [0.1, 0.15) is 37.4 Å². The SMILES string of the molecule is CCN(C(=O)C1NCCc2ccccc21)C(C)CC(=O)O. The number of rotatable bonds is 5. The fraction of sp³-hybridized carbons (Fsp3) is 0.500. The number of carbonyl (C=O) groups is 2. The zero-order chi connectivity index (χ0) is 15.4. The van der Waals surface area contributed by atoms with E-state index < -0.39 is 5.97 Å². The van der Waals surface area contributed by atoms with E-state index in [0.29, 0.717) is 6.54 Å². The van der Waals surface area contributed by atoms with E-state index in [1.807, 2.05) is 31.2 Å². The molecular formula is C16H22N2O3.